The van der Waals surface area contributed by atoms with E-state index in [-0.39, 0.29) is 0 Å². The lowest BCUT2D eigenvalue weighted by molar-refractivity contribution is 0.623. The molecule has 0 N–H and O–H groups in total. The van der Waals surface area contributed by atoms with Gasteiger partial charge in [-0.2, -0.15) is 0 Å². The molecule has 10 rings (SSSR count). The van der Waals surface area contributed by atoms with Gasteiger partial charge in [0.1, 0.15) is 16.7 Å². The van der Waals surface area contributed by atoms with Gasteiger partial charge in [-0.25, -0.2) is 19.9 Å². The van der Waals surface area contributed by atoms with Crippen LogP contribution >= 0.6 is 11.3 Å². The minimum absolute atomic E-state index is 0.577. The van der Waals surface area contributed by atoms with Crippen LogP contribution in [0.1, 0.15) is 0 Å². The lowest BCUT2D eigenvalue weighted by Crippen LogP contribution is -1.99. The predicted octanol–water partition coefficient (Wildman–Crippen LogP) is 10.9. The first-order valence-corrected chi connectivity index (χ1v) is 16.1. The summed E-state index contributed by atoms with van der Waals surface area (Å²) >= 11 is 1.72. The standard InChI is InChI=1S/C40H22N4O2S/c1-3-10-23(11-4-1)37-42-38(24-12-5-2-6-13-24)44-39(43-37)25-18-19-27-33(22-25)47-32-21-20-29-36(35(27)32)46-40(41-29)28-15-9-17-31-34(28)26-14-7-8-16-30(26)45-31/h1-22H. The van der Waals surface area contributed by atoms with E-state index in [0.29, 0.717) is 23.4 Å². The number of fused-ring (bicyclic) bond motifs is 8. The number of furan rings is 1. The molecule has 47 heavy (non-hydrogen) atoms. The van der Waals surface area contributed by atoms with E-state index in [1.807, 2.05) is 103 Å². The Hall–Kier alpha value is -6.18. The molecule has 0 unspecified atom stereocenters. The number of rotatable bonds is 4. The first-order valence-electron chi connectivity index (χ1n) is 15.3. The number of hydrogen-bond acceptors (Lipinski definition) is 7. The highest BCUT2D eigenvalue weighted by Gasteiger charge is 2.20. The molecule has 10 aromatic rings. The highest BCUT2D eigenvalue weighted by Crippen LogP contribution is 2.43. The van der Waals surface area contributed by atoms with Gasteiger partial charge in [-0.15, -0.1) is 11.3 Å². The van der Waals surface area contributed by atoms with Crippen LogP contribution in [0.4, 0.5) is 0 Å². The largest absolute Gasteiger partial charge is 0.456 e. The maximum atomic E-state index is 6.63. The molecule has 0 aliphatic rings. The summed E-state index contributed by atoms with van der Waals surface area (Å²) < 4.78 is 15.0. The summed E-state index contributed by atoms with van der Waals surface area (Å²) in [5.74, 6) is 2.49. The third kappa shape index (κ3) is 4.17. The van der Waals surface area contributed by atoms with Crippen molar-refractivity contribution in [1.29, 1.82) is 0 Å². The van der Waals surface area contributed by atoms with Gasteiger partial charge in [-0.3, -0.25) is 0 Å². The van der Waals surface area contributed by atoms with Gasteiger partial charge in [-0.05, 0) is 36.4 Å². The van der Waals surface area contributed by atoms with Gasteiger partial charge in [0.25, 0.3) is 0 Å². The zero-order valence-electron chi connectivity index (χ0n) is 24.7. The summed E-state index contributed by atoms with van der Waals surface area (Å²) in [6.07, 6.45) is 0. The Morgan fingerprint density at radius 3 is 1.89 bits per heavy atom. The van der Waals surface area contributed by atoms with Crippen molar-refractivity contribution in [2.45, 2.75) is 0 Å². The number of oxazole rings is 1. The van der Waals surface area contributed by atoms with Gasteiger partial charge < -0.3 is 8.83 Å². The second kappa shape index (κ2) is 10.2. The molecule has 6 aromatic carbocycles. The van der Waals surface area contributed by atoms with E-state index >= 15 is 0 Å². The molecule has 0 saturated carbocycles. The smallest absolute Gasteiger partial charge is 0.228 e. The molecular formula is C40H22N4O2S. The van der Waals surface area contributed by atoms with Gasteiger partial charge in [0.15, 0.2) is 23.1 Å². The molecule has 0 bridgehead atoms. The van der Waals surface area contributed by atoms with E-state index in [1.165, 1.54) is 0 Å². The molecule has 0 atom stereocenters. The lowest BCUT2D eigenvalue weighted by Gasteiger charge is -2.08. The molecule has 4 heterocycles. The van der Waals surface area contributed by atoms with Crippen LogP contribution in [-0.4, -0.2) is 19.9 Å². The van der Waals surface area contributed by atoms with E-state index in [2.05, 4.69) is 30.3 Å². The van der Waals surface area contributed by atoms with Gasteiger partial charge in [0.05, 0.1) is 0 Å². The molecule has 0 amide bonds. The maximum absolute atomic E-state index is 6.63. The van der Waals surface area contributed by atoms with Crippen molar-refractivity contribution in [3.8, 4) is 45.6 Å². The second-order valence-corrected chi connectivity index (χ2v) is 12.5. The van der Waals surface area contributed by atoms with Crippen molar-refractivity contribution in [2.75, 3.05) is 0 Å². The number of para-hydroxylation sites is 1. The zero-order valence-corrected chi connectivity index (χ0v) is 25.5. The fourth-order valence-corrected chi connectivity index (χ4v) is 7.53. The number of thiophene rings is 1. The summed E-state index contributed by atoms with van der Waals surface area (Å²) in [6.45, 7) is 0. The van der Waals surface area contributed by atoms with Crippen molar-refractivity contribution in [2.24, 2.45) is 0 Å². The van der Waals surface area contributed by atoms with Crippen LogP contribution in [0.2, 0.25) is 0 Å². The SMILES string of the molecule is c1ccc(-c2nc(-c3ccccc3)nc(-c3ccc4c(c3)sc3ccc5nc(-c6cccc7oc8ccccc8c67)oc5c34)n2)cc1. The van der Waals surface area contributed by atoms with Crippen LogP contribution < -0.4 is 0 Å². The average Bonchev–Trinajstić information content (AvgIpc) is 3.85. The molecule has 0 radical (unpaired) electrons. The molecule has 4 aromatic heterocycles. The Morgan fingerprint density at radius 1 is 0.447 bits per heavy atom. The number of hydrogen-bond donors (Lipinski definition) is 0. The number of benzene rings is 6. The van der Waals surface area contributed by atoms with Crippen LogP contribution in [0.25, 0.3) is 98.8 Å². The van der Waals surface area contributed by atoms with Crippen molar-refractivity contribution in [3.63, 3.8) is 0 Å². The highest BCUT2D eigenvalue weighted by atomic mass is 32.1. The topological polar surface area (TPSA) is 77.8 Å². The molecule has 0 fully saturated rings. The molecule has 0 saturated heterocycles. The third-order valence-corrected chi connectivity index (χ3v) is 9.70. The molecule has 7 heteroatoms. The predicted molar refractivity (Wildman–Crippen MR) is 189 cm³/mol. The summed E-state index contributed by atoms with van der Waals surface area (Å²) in [6, 6.07) is 44.7. The Bertz CT molecular complexity index is 2740. The first-order chi connectivity index (χ1) is 23.3. The molecule has 220 valence electrons. The molecule has 0 spiro atoms. The van der Waals surface area contributed by atoms with Crippen molar-refractivity contribution in [3.05, 3.63) is 133 Å². The van der Waals surface area contributed by atoms with Crippen LogP contribution in [0.15, 0.2) is 142 Å². The van der Waals surface area contributed by atoms with Crippen LogP contribution in [-0.2, 0) is 0 Å². The van der Waals surface area contributed by atoms with Gasteiger partial charge in [0.2, 0.25) is 5.89 Å². The van der Waals surface area contributed by atoms with Crippen molar-refractivity contribution in [1.82, 2.24) is 19.9 Å². The minimum Gasteiger partial charge on any atom is -0.456 e. The first kappa shape index (κ1) is 26.1. The minimum atomic E-state index is 0.577. The summed E-state index contributed by atoms with van der Waals surface area (Å²) in [5, 5.41) is 4.22. The zero-order chi connectivity index (χ0) is 30.9. The Kier molecular flexibility index (Phi) is 5.64. The van der Waals surface area contributed by atoms with E-state index in [4.69, 9.17) is 28.8 Å². The van der Waals surface area contributed by atoms with Gasteiger partial charge >= 0.3 is 0 Å². The van der Waals surface area contributed by atoms with Crippen LogP contribution in [0.5, 0.6) is 0 Å². The normalized spacial score (nSPS) is 11.8. The van der Waals surface area contributed by atoms with Crippen LogP contribution in [0.3, 0.4) is 0 Å². The monoisotopic (exact) mass is 622 g/mol. The van der Waals surface area contributed by atoms with E-state index in [0.717, 1.165) is 75.5 Å². The number of aromatic nitrogens is 4. The summed E-state index contributed by atoms with van der Waals surface area (Å²) in [4.78, 5) is 19.7. The van der Waals surface area contributed by atoms with Gasteiger partial charge in [-0.1, -0.05) is 97.1 Å². The maximum Gasteiger partial charge on any atom is 0.228 e. The molecule has 6 nitrogen and oxygen atoms in total. The fraction of sp³-hybridized carbons (Fsp3) is 0. The van der Waals surface area contributed by atoms with Gasteiger partial charge in [0, 0.05) is 53.2 Å². The Morgan fingerprint density at radius 2 is 1.13 bits per heavy atom. The third-order valence-electron chi connectivity index (χ3n) is 8.58. The quantitative estimate of drug-likeness (QED) is 0.194. The van der Waals surface area contributed by atoms with E-state index in [1.54, 1.807) is 11.3 Å². The average molecular weight is 623 g/mol. The summed E-state index contributed by atoms with van der Waals surface area (Å²) in [7, 11) is 0. The van der Waals surface area contributed by atoms with Crippen molar-refractivity contribution >= 4 is 64.5 Å². The number of nitrogens with zero attached hydrogens (tertiary/aromatic N) is 4. The fourth-order valence-electron chi connectivity index (χ4n) is 6.39. The second-order valence-electron chi connectivity index (χ2n) is 11.4. The Balaban J connectivity index is 1.13. The van der Waals surface area contributed by atoms with E-state index < -0.39 is 0 Å². The molecule has 0 aliphatic carbocycles. The molecule has 0 aliphatic heterocycles. The molecular weight excluding hydrogens is 601 g/mol. The lowest BCUT2D eigenvalue weighted by atomic mass is 10.1. The van der Waals surface area contributed by atoms with Crippen LogP contribution in [0, 0.1) is 0 Å². The Labute approximate surface area is 271 Å². The van der Waals surface area contributed by atoms with E-state index in [9.17, 15) is 0 Å². The highest BCUT2D eigenvalue weighted by molar-refractivity contribution is 7.26. The van der Waals surface area contributed by atoms with Crippen molar-refractivity contribution < 1.29 is 8.83 Å². The summed E-state index contributed by atoms with van der Waals surface area (Å²) in [5.41, 5.74) is 6.98.